The molecule has 0 N–H and O–H groups in total. The largest absolute Gasteiger partial charge is 0.469 e. The van der Waals surface area contributed by atoms with E-state index in [1.54, 1.807) is 0 Å². The number of methoxy groups -OCH3 is 1. The standard InChI is InChI=1S/C13H24O2/c1-11(2,3)9-13(10(14)15-6)8-7-12(13,4)5/h7-9H2,1-6H3. The molecule has 1 unspecified atom stereocenters. The van der Waals surface area contributed by atoms with Crippen molar-refractivity contribution in [1.82, 2.24) is 0 Å². The third-order valence-corrected chi connectivity index (χ3v) is 3.88. The molecule has 0 bridgehead atoms. The van der Waals surface area contributed by atoms with Crippen LogP contribution in [-0.4, -0.2) is 13.1 Å². The molecule has 0 aromatic rings. The minimum Gasteiger partial charge on any atom is -0.469 e. The van der Waals surface area contributed by atoms with E-state index >= 15 is 0 Å². The summed E-state index contributed by atoms with van der Waals surface area (Å²) in [5, 5.41) is 0. The van der Waals surface area contributed by atoms with Crippen LogP contribution in [0.2, 0.25) is 0 Å². The van der Waals surface area contributed by atoms with Gasteiger partial charge in [0, 0.05) is 0 Å². The van der Waals surface area contributed by atoms with Crippen LogP contribution in [0, 0.1) is 16.2 Å². The summed E-state index contributed by atoms with van der Waals surface area (Å²) in [6.45, 7) is 10.9. The summed E-state index contributed by atoms with van der Waals surface area (Å²) >= 11 is 0. The van der Waals surface area contributed by atoms with Crippen LogP contribution in [0.15, 0.2) is 0 Å². The van der Waals surface area contributed by atoms with Gasteiger partial charge in [0.2, 0.25) is 0 Å². The Bertz CT molecular complexity index is 260. The van der Waals surface area contributed by atoms with E-state index in [0.29, 0.717) is 0 Å². The molecular weight excluding hydrogens is 188 g/mol. The van der Waals surface area contributed by atoms with Gasteiger partial charge in [-0.3, -0.25) is 4.79 Å². The fourth-order valence-electron chi connectivity index (χ4n) is 2.81. The Balaban J connectivity index is 2.94. The Labute approximate surface area is 93.4 Å². The van der Waals surface area contributed by atoms with Gasteiger partial charge in [-0.25, -0.2) is 0 Å². The van der Waals surface area contributed by atoms with Crippen molar-refractivity contribution in [2.24, 2.45) is 16.2 Å². The first kappa shape index (κ1) is 12.5. The molecule has 2 heteroatoms. The molecule has 0 amide bonds. The molecule has 1 aliphatic rings. The topological polar surface area (TPSA) is 26.3 Å². The normalized spacial score (nSPS) is 29.5. The highest BCUT2D eigenvalue weighted by atomic mass is 16.5. The van der Waals surface area contributed by atoms with E-state index in [1.807, 2.05) is 0 Å². The Morgan fingerprint density at radius 3 is 2.00 bits per heavy atom. The van der Waals surface area contributed by atoms with Gasteiger partial charge in [-0.1, -0.05) is 34.6 Å². The maximum absolute atomic E-state index is 12.0. The van der Waals surface area contributed by atoms with Gasteiger partial charge >= 0.3 is 5.97 Å². The van der Waals surface area contributed by atoms with Crippen LogP contribution >= 0.6 is 0 Å². The molecule has 0 aromatic carbocycles. The summed E-state index contributed by atoms with van der Waals surface area (Å²) in [7, 11) is 1.50. The van der Waals surface area contributed by atoms with Gasteiger partial charge in [0.05, 0.1) is 12.5 Å². The third kappa shape index (κ3) is 2.04. The highest BCUT2D eigenvalue weighted by Gasteiger charge is 2.59. The SMILES string of the molecule is COC(=O)C1(CC(C)(C)C)CCC1(C)C. The molecule has 0 spiro atoms. The van der Waals surface area contributed by atoms with Crippen LogP contribution in [0.4, 0.5) is 0 Å². The smallest absolute Gasteiger partial charge is 0.312 e. The van der Waals surface area contributed by atoms with Crippen LogP contribution < -0.4 is 0 Å². The number of rotatable bonds is 2. The van der Waals surface area contributed by atoms with Crippen molar-refractivity contribution in [3.63, 3.8) is 0 Å². The zero-order valence-corrected chi connectivity index (χ0v) is 10.9. The summed E-state index contributed by atoms with van der Waals surface area (Å²) in [6, 6.07) is 0. The second-order valence-electron chi connectivity index (χ2n) is 6.70. The molecule has 0 radical (unpaired) electrons. The van der Waals surface area contributed by atoms with Gasteiger partial charge in [0.25, 0.3) is 0 Å². The van der Waals surface area contributed by atoms with Crippen LogP contribution in [0.5, 0.6) is 0 Å². The van der Waals surface area contributed by atoms with Crippen LogP contribution in [0.25, 0.3) is 0 Å². The van der Waals surface area contributed by atoms with Crippen molar-refractivity contribution >= 4 is 5.97 Å². The zero-order valence-electron chi connectivity index (χ0n) is 10.9. The highest BCUT2D eigenvalue weighted by Crippen LogP contribution is 2.61. The van der Waals surface area contributed by atoms with E-state index in [0.717, 1.165) is 19.3 Å². The summed E-state index contributed by atoms with van der Waals surface area (Å²) in [5.41, 5.74) is 0.0131. The lowest BCUT2D eigenvalue weighted by Gasteiger charge is -2.56. The summed E-state index contributed by atoms with van der Waals surface area (Å²) in [5.74, 6) is -0.0197. The first-order valence-corrected chi connectivity index (χ1v) is 5.73. The van der Waals surface area contributed by atoms with Gasteiger partial charge in [-0.05, 0) is 30.1 Å². The number of hydrogen-bond acceptors (Lipinski definition) is 2. The number of carbonyl (C=O) groups is 1. The predicted octanol–water partition coefficient (Wildman–Crippen LogP) is 3.40. The molecule has 2 nitrogen and oxygen atoms in total. The molecular formula is C13H24O2. The lowest BCUT2D eigenvalue weighted by Crippen LogP contribution is -2.55. The Morgan fingerprint density at radius 2 is 1.80 bits per heavy atom. The zero-order chi connectivity index (χ0) is 11.9. The molecule has 15 heavy (non-hydrogen) atoms. The molecule has 88 valence electrons. The predicted molar refractivity (Wildman–Crippen MR) is 61.5 cm³/mol. The van der Waals surface area contributed by atoms with E-state index in [4.69, 9.17) is 4.74 Å². The average Bonchev–Trinajstić information content (AvgIpc) is 2.09. The van der Waals surface area contributed by atoms with Crippen molar-refractivity contribution in [3.8, 4) is 0 Å². The first-order valence-electron chi connectivity index (χ1n) is 5.73. The fraction of sp³-hybridized carbons (Fsp3) is 0.923. The maximum Gasteiger partial charge on any atom is 0.312 e. The molecule has 1 atom stereocenters. The molecule has 0 aromatic heterocycles. The van der Waals surface area contributed by atoms with Gasteiger partial charge in [-0.2, -0.15) is 0 Å². The van der Waals surface area contributed by atoms with Gasteiger partial charge in [-0.15, -0.1) is 0 Å². The van der Waals surface area contributed by atoms with E-state index in [1.165, 1.54) is 7.11 Å². The average molecular weight is 212 g/mol. The molecule has 1 fully saturated rings. The highest BCUT2D eigenvalue weighted by molar-refractivity contribution is 5.79. The first-order chi connectivity index (χ1) is 6.65. The monoisotopic (exact) mass is 212 g/mol. The lowest BCUT2D eigenvalue weighted by atomic mass is 9.47. The van der Waals surface area contributed by atoms with Gasteiger partial charge < -0.3 is 4.74 Å². The molecule has 1 aliphatic carbocycles. The number of carbonyl (C=O) groups excluding carboxylic acids is 1. The van der Waals surface area contributed by atoms with Gasteiger partial charge in [0.15, 0.2) is 0 Å². The number of hydrogen-bond donors (Lipinski definition) is 0. The third-order valence-electron chi connectivity index (χ3n) is 3.88. The van der Waals surface area contributed by atoms with Crippen LogP contribution in [0.3, 0.4) is 0 Å². The minimum absolute atomic E-state index is 0.0197. The van der Waals surface area contributed by atoms with Gasteiger partial charge in [0.1, 0.15) is 0 Å². The van der Waals surface area contributed by atoms with Crippen molar-refractivity contribution in [2.45, 2.75) is 53.9 Å². The van der Waals surface area contributed by atoms with Crippen molar-refractivity contribution < 1.29 is 9.53 Å². The number of esters is 1. The molecule has 0 heterocycles. The molecule has 1 saturated carbocycles. The molecule has 1 rings (SSSR count). The Hall–Kier alpha value is -0.530. The van der Waals surface area contributed by atoms with E-state index in [-0.39, 0.29) is 22.2 Å². The van der Waals surface area contributed by atoms with Crippen molar-refractivity contribution in [1.29, 1.82) is 0 Å². The minimum atomic E-state index is -0.250. The summed E-state index contributed by atoms with van der Waals surface area (Å²) in [6.07, 6.45) is 3.02. The summed E-state index contributed by atoms with van der Waals surface area (Å²) in [4.78, 5) is 12.0. The lowest BCUT2D eigenvalue weighted by molar-refractivity contribution is -0.180. The molecule has 0 aliphatic heterocycles. The Morgan fingerprint density at radius 1 is 1.27 bits per heavy atom. The number of ether oxygens (including phenoxy) is 1. The quantitative estimate of drug-likeness (QED) is 0.656. The van der Waals surface area contributed by atoms with E-state index < -0.39 is 0 Å². The molecule has 0 saturated heterocycles. The van der Waals surface area contributed by atoms with E-state index in [9.17, 15) is 4.79 Å². The summed E-state index contributed by atoms with van der Waals surface area (Å²) < 4.78 is 5.00. The van der Waals surface area contributed by atoms with Crippen LogP contribution in [0.1, 0.15) is 53.9 Å². The second-order valence-corrected chi connectivity index (χ2v) is 6.70. The van der Waals surface area contributed by atoms with Crippen molar-refractivity contribution in [3.05, 3.63) is 0 Å². The fourth-order valence-corrected chi connectivity index (χ4v) is 2.81. The Kier molecular flexibility index (Phi) is 2.92. The van der Waals surface area contributed by atoms with Crippen LogP contribution in [-0.2, 0) is 9.53 Å². The van der Waals surface area contributed by atoms with E-state index in [2.05, 4.69) is 34.6 Å². The maximum atomic E-state index is 12.0. The van der Waals surface area contributed by atoms with Crippen molar-refractivity contribution in [2.75, 3.05) is 7.11 Å². The second kappa shape index (κ2) is 3.50.